The van der Waals surface area contributed by atoms with Gasteiger partial charge in [0, 0.05) is 37.6 Å². The van der Waals surface area contributed by atoms with E-state index in [0.717, 1.165) is 29.0 Å². The summed E-state index contributed by atoms with van der Waals surface area (Å²) in [5.74, 6) is 2.21. The second-order valence-corrected chi connectivity index (χ2v) is 6.45. The van der Waals surface area contributed by atoms with E-state index in [1.54, 1.807) is 30.5 Å². The fourth-order valence-electron chi connectivity index (χ4n) is 3.30. The Balaban J connectivity index is 1.68. The smallest absolute Gasteiger partial charge is 0.317 e. The number of nitrogens with one attached hydrogen (secondary N) is 1. The van der Waals surface area contributed by atoms with E-state index in [1.165, 1.54) is 5.56 Å². The zero-order valence-electron chi connectivity index (χ0n) is 16.7. The average molecular weight is 385 g/mol. The maximum absolute atomic E-state index is 12.7. The highest BCUT2D eigenvalue weighted by molar-refractivity contribution is 5.74. The lowest BCUT2D eigenvalue weighted by Crippen LogP contribution is -2.42. The van der Waals surface area contributed by atoms with E-state index in [9.17, 15) is 4.79 Å². The molecule has 0 saturated carbocycles. The van der Waals surface area contributed by atoms with Crippen molar-refractivity contribution >= 4 is 6.03 Å². The van der Waals surface area contributed by atoms with E-state index in [0.29, 0.717) is 38.6 Å². The molecular formula is C21H27N3O4. The number of rotatable bonds is 7. The monoisotopic (exact) mass is 385 g/mol. The third-order valence-electron chi connectivity index (χ3n) is 4.67. The normalized spacial score (nSPS) is 12.9. The van der Waals surface area contributed by atoms with Crippen molar-refractivity contribution in [2.45, 2.75) is 33.4 Å². The Morgan fingerprint density at radius 2 is 1.86 bits per heavy atom. The van der Waals surface area contributed by atoms with E-state index in [1.807, 2.05) is 26.0 Å². The summed E-state index contributed by atoms with van der Waals surface area (Å²) in [7, 11) is 1.61. The van der Waals surface area contributed by atoms with Gasteiger partial charge in [-0.3, -0.25) is 4.98 Å². The molecule has 0 aliphatic carbocycles. The summed E-state index contributed by atoms with van der Waals surface area (Å²) in [6.07, 6.45) is 4.15. The molecule has 1 N–H and O–H groups in total. The summed E-state index contributed by atoms with van der Waals surface area (Å²) in [5.41, 5.74) is 3.13. The van der Waals surface area contributed by atoms with Crippen LogP contribution in [0.2, 0.25) is 0 Å². The zero-order chi connectivity index (χ0) is 19.9. The largest absolute Gasteiger partial charge is 0.496 e. The number of carbonyl (C=O) groups is 1. The third-order valence-corrected chi connectivity index (χ3v) is 4.67. The number of amides is 2. The molecule has 2 aromatic rings. The number of urea groups is 1. The van der Waals surface area contributed by atoms with Crippen molar-refractivity contribution in [2.75, 3.05) is 26.9 Å². The number of benzene rings is 1. The van der Waals surface area contributed by atoms with Crippen LogP contribution in [0.25, 0.3) is 0 Å². The molecule has 0 unspecified atom stereocenters. The lowest BCUT2D eigenvalue weighted by atomic mass is 9.99. The Hall–Kier alpha value is -2.96. The molecule has 3 rings (SSSR count). The van der Waals surface area contributed by atoms with Gasteiger partial charge in [-0.25, -0.2) is 4.79 Å². The van der Waals surface area contributed by atoms with Gasteiger partial charge in [0.15, 0.2) is 11.5 Å². The van der Waals surface area contributed by atoms with Crippen molar-refractivity contribution in [1.82, 2.24) is 15.2 Å². The van der Waals surface area contributed by atoms with Crippen molar-refractivity contribution in [3.63, 3.8) is 0 Å². The summed E-state index contributed by atoms with van der Waals surface area (Å²) in [6, 6.07) is 5.71. The molecule has 7 heteroatoms. The lowest BCUT2D eigenvalue weighted by Gasteiger charge is -2.30. The van der Waals surface area contributed by atoms with Gasteiger partial charge in [-0.1, -0.05) is 0 Å². The molecule has 1 aliphatic heterocycles. The molecule has 2 heterocycles. The van der Waals surface area contributed by atoms with Crippen molar-refractivity contribution in [1.29, 1.82) is 0 Å². The molecule has 0 spiro atoms. The van der Waals surface area contributed by atoms with Crippen LogP contribution < -0.4 is 19.5 Å². The van der Waals surface area contributed by atoms with E-state index < -0.39 is 0 Å². The van der Waals surface area contributed by atoms with E-state index in [2.05, 4.69) is 10.3 Å². The molecule has 0 saturated heterocycles. The topological polar surface area (TPSA) is 72.9 Å². The Labute approximate surface area is 165 Å². The first kappa shape index (κ1) is 19.8. The maximum Gasteiger partial charge on any atom is 0.317 e. The Morgan fingerprint density at radius 1 is 1.14 bits per heavy atom. The minimum Gasteiger partial charge on any atom is -0.496 e. The average Bonchev–Trinajstić information content (AvgIpc) is 2.72. The van der Waals surface area contributed by atoms with E-state index >= 15 is 0 Å². The minimum absolute atomic E-state index is 0.108. The number of hydrogen-bond acceptors (Lipinski definition) is 5. The molecule has 1 aromatic heterocycles. The minimum atomic E-state index is -0.108. The number of ether oxygens (including phenoxy) is 3. The lowest BCUT2D eigenvalue weighted by molar-refractivity contribution is 0.191. The van der Waals surface area contributed by atoms with Crippen LogP contribution >= 0.6 is 0 Å². The van der Waals surface area contributed by atoms with Gasteiger partial charge in [0.1, 0.15) is 5.75 Å². The number of pyridine rings is 1. The van der Waals surface area contributed by atoms with Gasteiger partial charge in [0.05, 0.1) is 20.3 Å². The first-order chi connectivity index (χ1) is 13.7. The van der Waals surface area contributed by atoms with Gasteiger partial charge in [0.25, 0.3) is 0 Å². The van der Waals surface area contributed by atoms with Gasteiger partial charge in [-0.2, -0.15) is 0 Å². The molecule has 1 aromatic carbocycles. The molecule has 2 amide bonds. The van der Waals surface area contributed by atoms with Crippen LogP contribution in [0.15, 0.2) is 30.6 Å². The second-order valence-electron chi connectivity index (χ2n) is 6.45. The van der Waals surface area contributed by atoms with Crippen LogP contribution in [-0.4, -0.2) is 42.8 Å². The third kappa shape index (κ3) is 4.47. The fourth-order valence-corrected chi connectivity index (χ4v) is 3.30. The number of carbonyl (C=O) groups excluding carboxylic acids is 1. The second kappa shape index (κ2) is 9.30. The summed E-state index contributed by atoms with van der Waals surface area (Å²) >= 11 is 0. The van der Waals surface area contributed by atoms with Crippen LogP contribution in [0.1, 0.15) is 30.5 Å². The van der Waals surface area contributed by atoms with E-state index in [-0.39, 0.29) is 6.03 Å². The van der Waals surface area contributed by atoms with Crippen molar-refractivity contribution in [3.8, 4) is 17.2 Å². The summed E-state index contributed by atoms with van der Waals surface area (Å²) < 4.78 is 16.7. The van der Waals surface area contributed by atoms with Gasteiger partial charge in [0.2, 0.25) is 0 Å². The Bertz CT molecular complexity index is 825. The molecule has 0 atom stereocenters. The predicted molar refractivity (Wildman–Crippen MR) is 106 cm³/mol. The first-order valence-electron chi connectivity index (χ1n) is 9.57. The van der Waals surface area contributed by atoms with Crippen LogP contribution in [0.4, 0.5) is 4.79 Å². The van der Waals surface area contributed by atoms with Gasteiger partial charge >= 0.3 is 6.03 Å². The number of methoxy groups -OCH3 is 1. The molecule has 7 nitrogen and oxygen atoms in total. The highest BCUT2D eigenvalue weighted by Gasteiger charge is 2.23. The number of fused-ring (bicyclic) bond motifs is 1. The summed E-state index contributed by atoms with van der Waals surface area (Å²) in [4.78, 5) is 18.6. The van der Waals surface area contributed by atoms with Crippen molar-refractivity contribution in [3.05, 3.63) is 47.3 Å². The Morgan fingerprint density at radius 3 is 2.54 bits per heavy atom. The molecule has 0 bridgehead atoms. The Kier molecular flexibility index (Phi) is 6.57. The van der Waals surface area contributed by atoms with Crippen LogP contribution in [-0.2, 0) is 19.5 Å². The first-order valence-corrected chi connectivity index (χ1v) is 9.57. The fraction of sp³-hybridized carbons (Fsp3) is 0.429. The van der Waals surface area contributed by atoms with Crippen LogP contribution in [0.5, 0.6) is 17.2 Å². The molecule has 150 valence electrons. The number of aromatic nitrogens is 1. The molecular weight excluding hydrogens is 358 g/mol. The van der Waals surface area contributed by atoms with Gasteiger partial charge in [-0.15, -0.1) is 0 Å². The molecule has 1 aliphatic rings. The van der Waals surface area contributed by atoms with Crippen molar-refractivity contribution in [2.24, 2.45) is 0 Å². The summed E-state index contributed by atoms with van der Waals surface area (Å²) in [6.45, 7) is 6.62. The molecule has 28 heavy (non-hydrogen) atoms. The standard InChI is InChI=1S/C21H27N3O4/c1-4-27-19-10-15-7-9-24(14-16(15)11-20(19)28-5-2)21(25)23-13-17-12-22-8-6-18(17)26-3/h6,8,10-12H,4-5,7,9,13-14H2,1-3H3,(H,23,25). The van der Waals surface area contributed by atoms with Gasteiger partial charge in [-0.05, 0) is 49.6 Å². The SMILES string of the molecule is CCOc1cc2c(cc1OCC)CN(C(=O)NCc1cnccc1OC)CC2. The predicted octanol–water partition coefficient (Wildman–Crippen LogP) is 3.16. The molecule has 0 radical (unpaired) electrons. The number of nitrogens with zero attached hydrogens (tertiary/aromatic N) is 2. The zero-order valence-corrected chi connectivity index (χ0v) is 16.7. The van der Waals surface area contributed by atoms with Crippen molar-refractivity contribution < 1.29 is 19.0 Å². The number of hydrogen-bond donors (Lipinski definition) is 1. The summed E-state index contributed by atoms with van der Waals surface area (Å²) in [5, 5.41) is 2.96. The van der Waals surface area contributed by atoms with Gasteiger partial charge < -0.3 is 24.4 Å². The highest BCUT2D eigenvalue weighted by Crippen LogP contribution is 2.34. The van der Waals surface area contributed by atoms with E-state index in [4.69, 9.17) is 14.2 Å². The van der Waals surface area contributed by atoms with Crippen LogP contribution in [0, 0.1) is 0 Å². The maximum atomic E-state index is 12.7. The molecule has 0 fully saturated rings. The quantitative estimate of drug-likeness (QED) is 0.793. The van der Waals surface area contributed by atoms with Crippen LogP contribution in [0.3, 0.4) is 0 Å². The highest BCUT2D eigenvalue weighted by atomic mass is 16.5.